The summed E-state index contributed by atoms with van der Waals surface area (Å²) in [6, 6.07) is 0. The second kappa shape index (κ2) is 3.24. The first kappa shape index (κ1) is 9.98. The van der Waals surface area contributed by atoms with Gasteiger partial charge in [0.1, 0.15) is 4.60 Å². The van der Waals surface area contributed by atoms with E-state index in [0.717, 1.165) is 12.8 Å². The van der Waals surface area contributed by atoms with E-state index in [2.05, 4.69) is 21.0 Å². The summed E-state index contributed by atoms with van der Waals surface area (Å²) in [7, 11) is 1.38. The van der Waals surface area contributed by atoms with Crippen molar-refractivity contribution in [2.24, 2.45) is 0 Å². The number of methoxy groups -OCH3 is 1. The van der Waals surface area contributed by atoms with Crippen LogP contribution in [0.2, 0.25) is 5.02 Å². The number of carbonyl (C=O) groups excluding carboxylic acids is 1. The Morgan fingerprint density at radius 1 is 1.79 bits per heavy atom. The summed E-state index contributed by atoms with van der Waals surface area (Å²) in [5, 5.41) is 4.61. The van der Waals surface area contributed by atoms with Crippen LogP contribution >= 0.6 is 27.5 Å². The molecule has 14 heavy (non-hydrogen) atoms. The Hall–Kier alpha value is -0.550. The van der Waals surface area contributed by atoms with Crippen LogP contribution in [0.3, 0.4) is 0 Å². The van der Waals surface area contributed by atoms with E-state index in [1.54, 1.807) is 10.9 Å². The molecule has 2 rings (SSSR count). The maximum Gasteiger partial charge on any atom is 0.333 e. The van der Waals surface area contributed by atoms with Gasteiger partial charge in [0.25, 0.3) is 0 Å². The zero-order chi connectivity index (χ0) is 10.3. The van der Waals surface area contributed by atoms with Gasteiger partial charge in [0.05, 0.1) is 12.1 Å². The normalized spacial score (nSPS) is 17.9. The van der Waals surface area contributed by atoms with Crippen LogP contribution in [0.25, 0.3) is 0 Å². The van der Waals surface area contributed by atoms with Gasteiger partial charge in [-0.3, -0.25) is 4.68 Å². The maximum absolute atomic E-state index is 11.5. The van der Waals surface area contributed by atoms with Crippen LogP contribution in [0.5, 0.6) is 0 Å². The number of nitrogens with zero attached hydrogens (tertiary/aromatic N) is 2. The van der Waals surface area contributed by atoms with Crippen molar-refractivity contribution in [2.75, 3.05) is 7.11 Å². The topological polar surface area (TPSA) is 44.1 Å². The summed E-state index contributed by atoms with van der Waals surface area (Å²) < 4.78 is 6.85. The first-order valence-corrected chi connectivity index (χ1v) is 5.27. The molecule has 1 aromatic heterocycles. The van der Waals surface area contributed by atoms with E-state index >= 15 is 0 Å². The molecule has 0 bridgehead atoms. The maximum atomic E-state index is 11.5. The lowest BCUT2D eigenvalue weighted by molar-refractivity contribution is -0.146. The molecular formula is C8H8BrClN2O2. The fourth-order valence-electron chi connectivity index (χ4n) is 1.39. The highest BCUT2D eigenvalue weighted by molar-refractivity contribution is 9.10. The molecule has 1 aliphatic carbocycles. The molecule has 1 heterocycles. The molecule has 0 radical (unpaired) electrons. The lowest BCUT2D eigenvalue weighted by atomic mass is 10.3. The van der Waals surface area contributed by atoms with Gasteiger partial charge in [-0.2, -0.15) is 5.10 Å². The fraction of sp³-hybridized carbons (Fsp3) is 0.500. The SMILES string of the molecule is COC(=O)C1(n2cc(Cl)c(Br)n2)CC1. The van der Waals surface area contributed by atoms with Gasteiger partial charge in [-0.25, -0.2) is 4.79 Å². The molecule has 6 heteroatoms. The van der Waals surface area contributed by atoms with Gasteiger partial charge in [0.2, 0.25) is 0 Å². The second-order valence-electron chi connectivity index (χ2n) is 3.24. The van der Waals surface area contributed by atoms with Crippen molar-refractivity contribution in [3.05, 3.63) is 15.8 Å². The van der Waals surface area contributed by atoms with E-state index in [0.29, 0.717) is 9.63 Å². The van der Waals surface area contributed by atoms with Gasteiger partial charge < -0.3 is 4.74 Å². The van der Waals surface area contributed by atoms with Crippen LogP contribution in [0, 0.1) is 0 Å². The van der Waals surface area contributed by atoms with E-state index in [4.69, 9.17) is 16.3 Å². The average molecular weight is 280 g/mol. The zero-order valence-electron chi connectivity index (χ0n) is 7.46. The minimum atomic E-state index is -0.607. The highest BCUT2D eigenvalue weighted by atomic mass is 79.9. The molecule has 1 saturated carbocycles. The summed E-state index contributed by atoms with van der Waals surface area (Å²) in [5.41, 5.74) is -0.607. The van der Waals surface area contributed by atoms with Crippen LogP contribution in [0.1, 0.15) is 12.8 Å². The first-order valence-electron chi connectivity index (χ1n) is 4.10. The molecule has 4 nitrogen and oxygen atoms in total. The Bertz CT molecular complexity index is 367. The number of esters is 1. The number of hydrogen-bond donors (Lipinski definition) is 0. The lowest BCUT2D eigenvalue weighted by Crippen LogP contribution is -2.29. The molecule has 0 saturated heterocycles. The van der Waals surface area contributed by atoms with Gasteiger partial charge in [0.15, 0.2) is 5.54 Å². The van der Waals surface area contributed by atoms with Crippen LogP contribution in [0.4, 0.5) is 0 Å². The van der Waals surface area contributed by atoms with E-state index in [1.165, 1.54) is 7.11 Å². The molecule has 0 atom stereocenters. The fourth-order valence-corrected chi connectivity index (χ4v) is 1.79. The van der Waals surface area contributed by atoms with Crippen molar-refractivity contribution in [1.29, 1.82) is 0 Å². The Morgan fingerprint density at radius 2 is 2.43 bits per heavy atom. The van der Waals surface area contributed by atoms with Crippen LogP contribution in [-0.2, 0) is 15.1 Å². The summed E-state index contributed by atoms with van der Waals surface area (Å²) in [6.07, 6.45) is 3.14. The molecule has 0 unspecified atom stereocenters. The molecule has 1 aliphatic rings. The number of rotatable bonds is 2. The Morgan fingerprint density at radius 3 is 2.79 bits per heavy atom. The quantitative estimate of drug-likeness (QED) is 0.777. The monoisotopic (exact) mass is 278 g/mol. The number of hydrogen-bond acceptors (Lipinski definition) is 3. The lowest BCUT2D eigenvalue weighted by Gasteiger charge is -2.12. The van der Waals surface area contributed by atoms with E-state index < -0.39 is 5.54 Å². The molecule has 0 aliphatic heterocycles. The number of carbonyl (C=O) groups is 1. The predicted molar refractivity (Wildman–Crippen MR) is 54.2 cm³/mol. The molecule has 0 aromatic carbocycles. The largest absolute Gasteiger partial charge is 0.467 e. The third-order valence-corrected chi connectivity index (χ3v) is 3.45. The van der Waals surface area contributed by atoms with Gasteiger partial charge in [-0.15, -0.1) is 0 Å². The molecule has 1 aromatic rings. The minimum Gasteiger partial charge on any atom is -0.467 e. The molecular weight excluding hydrogens is 271 g/mol. The highest BCUT2D eigenvalue weighted by Gasteiger charge is 2.54. The van der Waals surface area contributed by atoms with Crippen molar-refractivity contribution >= 4 is 33.5 Å². The van der Waals surface area contributed by atoms with Gasteiger partial charge in [-0.1, -0.05) is 11.6 Å². The van der Waals surface area contributed by atoms with Gasteiger partial charge in [0, 0.05) is 6.20 Å². The summed E-state index contributed by atoms with van der Waals surface area (Å²) in [4.78, 5) is 11.5. The van der Waals surface area contributed by atoms with E-state index in [9.17, 15) is 4.79 Å². The van der Waals surface area contributed by atoms with Crippen LogP contribution < -0.4 is 0 Å². The summed E-state index contributed by atoms with van der Waals surface area (Å²) in [6.45, 7) is 0. The Labute approximate surface area is 94.3 Å². The molecule has 0 N–H and O–H groups in total. The van der Waals surface area contributed by atoms with Crippen molar-refractivity contribution in [1.82, 2.24) is 9.78 Å². The van der Waals surface area contributed by atoms with Gasteiger partial charge >= 0.3 is 5.97 Å². The number of ether oxygens (including phenoxy) is 1. The number of aromatic nitrogens is 2. The first-order chi connectivity index (χ1) is 6.60. The van der Waals surface area contributed by atoms with Crippen molar-refractivity contribution in [3.8, 4) is 0 Å². The minimum absolute atomic E-state index is 0.260. The van der Waals surface area contributed by atoms with Gasteiger partial charge in [-0.05, 0) is 28.8 Å². The summed E-state index contributed by atoms with van der Waals surface area (Å²) >= 11 is 9.02. The standard InChI is InChI=1S/C8H8BrClN2O2/c1-14-7(13)8(2-3-8)12-4-5(10)6(9)11-12/h4H,2-3H2,1H3. The van der Waals surface area contributed by atoms with E-state index in [1.807, 2.05) is 0 Å². The molecule has 1 fully saturated rings. The third kappa shape index (κ3) is 1.35. The molecule has 76 valence electrons. The van der Waals surface area contributed by atoms with Crippen molar-refractivity contribution in [3.63, 3.8) is 0 Å². The molecule has 0 spiro atoms. The van der Waals surface area contributed by atoms with Crippen LogP contribution in [-0.4, -0.2) is 22.9 Å². The third-order valence-electron chi connectivity index (χ3n) is 2.36. The number of halogens is 2. The van der Waals surface area contributed by atoms with Crippen LogP contribution in [0.15, 0.2) is 10.8 Å². The second-order valence-corrected chi connectivity index (χ2v) is 4.39. The Balaban J connectivity index is 2.35. The smallest absolute Gasteiger partial charge is 0.333 e. The summed E-state index contributed by atoms with van der Waals surface area (Å²) in [5.74, 6) is -0.260. The average Bonchev–Trinajstić information content (AvgIpc) is 2.90. The van der Waals surface area contributed by atoms with Crippen molar-refractivity contribution in [2.45, 2.75) is 18.4 Å². The zero-order valence-corrected chi connectivity index (χ0v) is 9.80. The predicted octanol–water partition coefficient (Wildman–Crippen LogP) is 1.96. The van der Waals surface area contributed by atoms with Crippen molar-refractivity contribution < 1.29 is 9.53 Å². The highest BCUT2D eigenvalue weighted by Crippen LogP contribution is 2.45. The van der Waals surface area contributed by atoms with E-state index in [-0.39, 0.29) is 5.97 Å². The Kier molecular flexibility index (Phi) is 2.31. The molecule has 0 amide bonds.